The first-order valence-electron chi connectivity index (χ1n) is 6.21. The van der Waals surface area contributed by atoms with E-state index in [1.165, 1.54) is 0 Å². The summed E-state index contributed by atoms with van der Waals surface area (Å²) in [6.45, 7) is 8.19. The summed E-state index contributed by atoms with van der Waals surface area (Å²) in [5.41, 5.74) is 1.70. The molecular weight excluding hydrogens is 244 g/mol. The Labute approximate surface area is 112 Å². The highest BCUT2D eigenvalue weighted by Crippen LogP contribution is 2.14. The first-order valence-corrected chi connectivity index (χ1v) is 6.21. The van der Waals surface area contributed by atoms with E-state index in [-0.39, 0.29) is 6.10 Å². The van der Waals surface area contributed by atoms with E-state index in [0.717, 1.165) is 17.1 Å². The number of hydrogen-bond acceptors (Lipinski definition) is 6. The Morgan fingerprint density at radius 2 is 2.00 bits per heavy atom. The highest BCUT2D eigenvalue weighted by molar-refractivity contribution is 5.31. The largest absolute Gasteiger partial charge is 0.475 e. The minimum absolute atomic E-state index is 0.0825. The van der Waals surface area contributed by atoms with Gasteiger partial charge < -0.3 is 14.6 Å². The Morgan fingerprint density at radius 1 is 1.21 bits per heavy atom. The molecule has 0 saturated heterocycles. The summed E-state index contributed by atoms with van der Waals surface area (Å²) >= 11 is 0. The molecule has 2 rings (SSSR count). The van der Waals surface area contributed by atoms with Crippen LogP contribution < -0.4 is 10.1 Å². The average molecular weight is 262 g/mol. The fourth-order valence-electron chi connectivity index (χ4n) is 1.59. The molecule has 0 aliphatic heterocycles. The van der Waals surface area contributed by atoms with E-state index in [4.69, 9.17) is 9.26 Å². The monoisotopic (exact) mass is 262 g/mol. The second-order valence-electron chi connectivity index (χ2n) is 4.63. The van der Waals surface area contributed by atoms with E-state index in [2.05, 4.69) is 20.4 Å². The van der Waals surface area contributed by atoms with Crippen molar-refractivity contribution in [3.05, 3.63) is 29.3 Å². The smallest absolute Gasteiger partial charge is 0.226 e. The van der Waals surface area contributed by atoms with Gasteiger partial charge in [-0.25, -0.2) is 4.98 Å². The van der Waals surface area contributed by atoms with Gasteiger partial charge in [0.05, 0.1) is 18.3 Å². The van der Waals surface area contributed by atoms with Crippen molar-refractivity contribution in [3.63, 3.8) is 0 Å². The number of nitrogens with zero attached hydrogens (tertiary/aromatic N) is 3. The molecule has 0 spiro atoms. The van der Waals surface area contributed by atoms with Gasteiger partial charge in [-0.1, -0.05) is 5.16 Å². The van der Waals surface area contributed by atoms with Gasteiger partial charge in [-0.2, -0.15) is 4.98 Å². The van der Waals surface area contributed by atoms with Gasteiger partial charge in [0.1, 0.15) is 0 Å². The number of rotatable bonds is 5. The van der Waals surface area contributed by atoms with Crippen LogP contribution in [0.25, 0.3) is 0 Å². The van der Waals surface area contributed by atoms with Crippen molar-refractivity contribution < 1.29 is 9.26 Å². The maximum atomic E-state index is 5.56. The maximum Gasteiger partial charge on any atom is 0.226 e. The van der Waals surface area contributed by atoms with Crippen molar-refractivity contribution in [1.29, 1.82) is 0 Å². The quantitative estimate of drug-likeness (QED) is 0.892. The summed E-state index contributed by atoms with van der Waals surface area (Å²) in [5, 5.41) is 6.92. The van der Waals surface area contributed by atoms with Gasteiger partial charge in [0.25, 0.3) is 0 Å². The predicted molar refractivity (Wildman–Crippen MR) is 71.1 cm³/mol. The van der Waals surface area contributed by atoms with Gasteiger partial charge in [0.2, 0.25) is 11.8 Å². The van der Waals surface area contributed by atoms with E-state index in [9.17, 15) is 0 Å². The number of aromatic nitrogens is 3. The Morgan fingerprint density at radius 3 is 2.63 bits per heavy atom. The molecule has 2 aromatic heterocycles. The number of nitrogens with one attached hydrogen (secondary N) is 1. The van der Waals surface area contributed by atoms with Gasteiger partial charge in [0, 0.05) is 17.8 Å². The van der Waals surface area contributed by atoms with Gasteiger partial charge in [-0.3, -0.25) is 0 Å². The van der Waals surface area contributed by atoms with Crippen molar-refractivity contribution in [1.82, 2.24) is 15.1 Å². The average Bonchev–Trinajstić information content (AvgIpc) is 2.71. The third-order valence-corrected chi connectivity index (χ3v) is 2.28. The van der Waals surface area contributed by atoms with Crippen LogP contribution >= 0.6 is 0 Å². The molecule has 0 aliphatic carbocycles. The van der Waals surface area contributed by atoms with Gasteiger partial charge in [0.15, 0.2) is 5.76 Å². The molecule has 2 heterocycles. The number of anilines is 1. The zero-order valence-electron chi connectivity index (χ0n) is 11.6. The number of aryl methyl sites for hydroxylation is 2. The van der Waals surface area contributed by atoms with E-state index in [0.29, 0.717) is 18.4 Å². The van der Waals surface area contributed by atoms with Gasteiger partial charge in [-0.15, -0.1) is 0 Å². The first-order chi connectivity index (χ1) is 9.02. The van der Waals surface area contributed by atoms with Gasteiger partial charge >= 0.3 is 0 Å². The molecule has 2 aromatic rings. The van der Waals surface area contributed by atoms with Crippen molar-refractivity contribution in [2.45, 2.75) is 40.3 Å². The molecule has 0 aliphatic rings. The Hall–Kier alpha value is -2.11. The second kappa shape index (κ2) is 5.69. The molecule has 6 heteroatoms. The predicted octanol–water partition coefficient (Wildman–Crippen LogP) is 2.48. The lowest BCUT2D eigenvalue weighted by Gasteiger charge is -2.10. The van der Waals surface area contributed by atoms with Crippen molar-refractivity contribution in [2.24, 2.45) is 0 Å². The zero-order chi connectivity index (χ0) is 13.8. The summed E-state index contributed by atoms with van der Waals surface area (Å²) < 4.78 is 10.7. The van der Waals surface area contributed by atoms with E-state index in [1.807, 2.05) is 39.8 Å². The van der Waals surface area contributed by atoms with Crippen LogP contribution in [0.2, 0.25) is 0 Å². The number of hydrogen-bond donors (Lipinski definition) is 1. The lowest BCUT2D eigenvalue weighted by atomic mass is 10.4. The molecule has 0 saturated carbocycles. The molecule has 6 nitrogen and oxygen atoms in total. The lowest BCUT2D eigenvalue weighted by molar-refractivity contribution is 0.232. The van der Waals surface area contributed by atoms with E-state index >= 15 is 0 Å². The minimum Gasteiger partial charge on any atom is -0.475 e. The zero-order valence-corrected chi connectivity index (χ0v) is 11.6. The standard InChI is InChI=1S/C13H18N4O2/c1-8(2)18-12-6-9(3)15-13(16-12)14-7-11-5-10(4)17-19-11/h5-6,8H,7H2,1-4H3,(H,14,15,16). The Balaban J connectivity index is 2.05. The summed E-state index contributed by atoms with van der Waals surface area (Å²) in [7, 11) is 0. The molecule has 0 radical (unpaired) electrons. The molecule has 1 N–H and O–H groups in total. The molecular formula is C13H18N4O2. The Bertz CT molecular complexity index is 551. The van der Waals surface area contributed by atoms with E-state index < -0.39 is 0 Å². The fourth-order valence-corrected chi connectivity index (χ4v) is 1.59. The van der Waals surface area contributed by atoms with Crippen molar-refractivity contribution in [3.8, 4) is 5.88 Å². The molecule has 0 bridgehead atoms. The lowest BCUT2D eigenvalue weighted by Crippen LogP contribution is -2.10. The molecule has 0 fully saturated rings. The van der Waals surface area contributed by atoms with Crippen molar-refractivity contribution in [2.75, 3.05) is 5.32 Å². The molecule has 0 atom stereocenters. The van der Waals surface area contributed by atoms with Crippen LogP contribution in [0.4, 0.5) is 5.95 Å². The maximum absolute atomic E-state index is 5.56. The SMILES string of the molecule is Cc1cc(CNc2nc(C)cc(OC(C)C)n2)on1. The van der Waals surface area contributed by atoms with Crippen LogP contribution in [-0.2, 0) is 6.54 Å². The van der Waals surface area contributed by atoms with Crippen LogP contribution in [0, 0.1) is 13.8 Å². The van der Waals surface area contributed by atoms with Crippen LogP contribution in [0.5, 0.6) is 5.88 Å². The van der Waals surface area contributed by atoms with Crippen LogP contribution in [0.1, 0.15) is 31.0 Å². The summed E-state index contributed by atoms with van der Waals surface area (Å²) in [5.74, 6) is 1.83. The molecule has 0 aromatic carbocycles. The highest BCUT2D eigenvalue weighted by atomic mass is 16.5. The fraction of sp³-hybridized carbons (Fsp3) is 0.462. The highest BCUT2D eigenvalue weighted by Gasteiger charge is 2.06. The Kier molecular flexibility index (Phi) is 3.99. The normalized spacial score (nSPS) is 10.8. The minimum atomic E-state index is 0.0825. The molecule has 19 heavy (non-hydrogen) atoms. The van der Waals surface area contributed by atoms with Crippen molar-refractivity contribution >= 4 is 5.95 Å². The summed E-state index contributed by atoms with van der Waals surface area (Å²) in [6, 6.07) is 3.68. The van der Waals surface area contributed by atoms with Crippen LogP contribution in [-0.4, -0.2) is 21.2 Å². The summed E-state index contributed by atoms with van der Waals surface area (Å²) in [4.78, 5) is 8.59. The van der Waals surface area contributed by atoms with Crippen LogP contribution in [0.15, 0.2) is 16.7 Å². The first kappa shape index (κ1) is 13.3. The molecule has 0 unspecified atom stereocenters. The summed E-state index contributed by atoms with van der Waals surface area (Å²) in [6.07, 6.45) is 0.0825. The second-order valence-corrected chi connectivity index (χ2v) is 4.63. The molecule has 0 amide bonds. The molecule has 102 valence electrons. The van der Waals surface area contributed by atoms with E-state index in [1.54, 1.807) is 0 Å². The van der Waals surface area contributed by atoms with Gasteiger partial charge in [-0.05, 0) is 27.7 Å². The number of ether oxygens (including phenoxy) is 1. The van der Waals surface area contributed by atoms with Crippen LogP contribution in [0.3, 0.4) is 0 Å². The topological polar surface area (TPSA) is 73.1 Å². The third kappa shape index (κ3) is 3.94. The third-order valence-electron chi connectivity index (χ3n) is 2.28.